The van der Waals surface area contributed by atoms with Gasteiger partial charge in [-0.2, -0.15) is 0 Å². The first-order valence-corrected chi connectivity index (χ1v) is 8.62. The normalized spacial score (nSPS) is 17.0. The third kappa shape index (κ3) is 2.96. The lowest BCUT2D eigenvalue weighted by atomic mass is 10.1. The summed E-state index contributed by atoms with van der Waals surface area (Å²) in [5, 5.41) is 13.6. The van der Waals surface area contributed by atoms with E-state index in [1.165, 1.54) is 12.3 Å². The molecule has 2 aromatic heterocycles. The predicted molar refractivity (Wildman–Crippen MR) is 90.5 cm³/mol. The van der Waals surface area contributed by atoms with Crippen LogP contribution in [0.2, 0.25) is 0 Å². The zero-order valence-electron chi connectivity index (χ0n) is 13.2. The van der Waals surface area contributed by atoms with Gasteiger partial charge < -0.3 is 9.64 Å². The smallest absolute Gasteiger partial charge is 0.345 e. The number of carbonyl (C=O) groups excluding carboxylic acids is 1. The molecule has 3 heterocycles. The van der Waals surface area contributed by atoms with E-state index in [1.54, 1.807) is 18.3 Å². The first-order valence-electron chi connectivity index (χ1n) is 7.74. The Morgan fingerprint density at radius 3 is 3.04 bits per heavy atom. The summed E-state index contributed by atoms with van der Waals surface area (Å²) in [6.45, 7) is 2.50. The van der Waals surface area contributed by atoms with E-state index in [9.17, 15) is 14.9 Å². The lowest BCUT2D eigenvalue weighted by Crippen LogP contribution is -2.25. The molecule has 0 aromatic carbocycles. The molecule has 8 heteroatoms. The quantitative estimate of drug-likeness (QED) is 0.467. The van der Waals surface area contributed by atoms with Gasteiger partial charge in [0.2, 0.25) is 5.82 Å². The topological polar surface area (TPSA) is 85.6 Å². The van der Waals surface area contributed by atoms with Crippen LogP contribution < -0.4 is 4.90 Å². The van der Waals surface area contributed by atoms with Crippen molar-refractivity contribution in [2.45, 2.75) is 25.8 Å². The summed E-state index contributed by atoms with van der Waals surface area (Å²) in [6, 6.07) is 5.38. The average Bonchev–Trinajstić information content (AvgIpc) is 3.25. The summed E-state index contributed by atoms with van der Waals surface area (Å²) in [5.74, 6) is -0.457. The van der Waals surface area contributed by atoms with Gasteiger partial charge in [0.05, 0.1) is 17.6 Å². The molecule has 1 saturated heterocycles. The van der Waals surface area contributed by atoms with Crippen molar-refractivity contribution in [1.82, 2.24) is 4.98 Å². The molecule has 2 aromatic rings. The molecule has 126 valence electrons. The average molecular weight is 347 g/mol. The molecule has 1 aliphatic rings. The van der Waals surface area contributed by atoms with Crippen molar-refractivity contribution in [3.63, 3.8) is 0 Å². The second-order valence-electron chi connectivity index (χ2n) is 5.38. The van der Waals surface area contributed by atoms with E-state index < -0.39 is 10.9 Å². The Balaban J connectivity index is 2.05. The number of pyridine rings is 1. The summed E-state index contributed by atoms with van der Waals surface area (Å²) < 4.78 is 4.95. The zero-order valence-corrected chi connectivity index (χ0v) is 14.0. The van der Waals surface area contributed by atoms with Crippen molar-refractivity contribution in [2.24, 2.45) is 0 Å². The third-order valence-corrected chi connectivity index (χ3v) is 4.95. The first kappa shape index (κ1) is 16.4. The molecule has 0 unspecified atom stereocenters. The number of ether oxygens (including phenoxy) is 1. The van der Waals surface area contributed by atoms with E-state index >= 15 is 0 Å². The van der Waals surface area contributed by atoms with Crippen LogP contribution in [0.25, 0.3) is 0 Å². The van der Waals surface area contributed by atoms with Gasteiger partial charge in [0.25, 0.3) is 0 Å². The molecule has 0 aliphatic carbocycles. The summed E-state index contributed by atoms with van der Waals surface area (Å²) >= 11 is 1.62. The molecule has 0 saturated carbocycles. The van der Waals surface area contributed by atoms with E-state index in [1.807, 2.05) is 22.4 Å². The third-order valence-electron chi connectivity index (χ3n) is 3.98. The van der Waals surface area contributed by atoms with Crippen molar-refractivity contribution in [1.29, 1.82) is 0 Å². The predicted octanol–water partition coefficient (Wildman–Crippen LogP) is 3.57. The summed E-state index contributed by atoms with van der Waals surface area (Å²) in [4.78, 5) is 30.5. The minimum absolute atomic E-state index is 0.0497. The summed E-state index contributed by atoms with van der Waals surface area (Å²) in [5.41, 5.74) is -0.330. The molecular formula is C16H17N3O4S. The zero-order chi connectivity index (χ0) is 17.1. The lowest BCUT2D eigenvalue weighted by Gasteiger charge is -2.24. The number of hydrogen-bond acceptors (Lipinski definition) is 7. The van der Waals surface area contributed by atoms with Crippen LogP contribution in [-0.4, -0.2) is 29.0 Å². The fraction of sp³-hybridized carbons (Fsp3) is 0.375. The fourth-order valence-corrected chi connectivity index (χ4v) is 3.88. The minimum atomic E-state index is -0.695. The molecule has 0 amide bonds. The Hall–Kier alpha value is -2.48. The number of hydrogen-bond donors (Lipinski definition) is 0. The molecule has 3 rings (SSSR count). The number of carbonyl (C=O) groups is 1. The van der Waals surface area contributed by atoms with Crippen molar-refractivity contribution in [3.8, 4) is 0 Å². The van der Waals surface area contributed by atoms with Crippen molar-refractivity contribution >= 4 is 28.8 Å². The lowest BCUT2D eigenvalue weighted by molar-refractivity contribution is -0.384. The molecule has 0 bridgehead atoms. The van der Waals surface area contributed by atoms with Crippen molar-refractivity contribution in [2.75, 3.05) is 18.1 Å². The van der Waals surface area contributed by atoms with E-state index in [-0.39, 0.29) is 29.7 Å². The fourth-order valence-electron chi connectivity index (χ4n) is 3.00. The Labute approximate surface area is 143 Å². The van der Waals surface area contributed by atoms with Crippen LogP contribution in [0, 0.1) is 10.1 Å². The molecule has 24 heavy (non-hydrogen) atoms. The standard InChI is InChI=1S/C16H17N3O4S/c1-2-23-16(20)11-7-8-17-15(14(11)19(21)22)18-9-3-5-12(18)13-6-4-10-24-13/h4,6-8,10,12H,2-3,5,9H2,1H3/t12-/m0/s1. The van der Waals surface area contributed by atoms with Gasteiger partial charge in [0, 0.05) is 17.6 Å². The number of esters is 1. The van der Waals surface area contributed by atoms with Crippen LogP contribution >= 0.6 is 11.3 Å². The number of aromatic nitrogens is 1. The van der Waals surface area contributed by atoms with E-state index in [0.29, 0.717) is 6.54 Å². The maximum atomic E-state index is 12.1. The summed E-state index contributed by atoms with van der Waals surface area (Å²) in [6.07, 6.45) is 3.26. The number of rotatable bonds is 5. The molecule has 1 fully saturated rings. The number of thiophene rings is 1. The highest BCUT2D eigenvalue weighted by Crippen LogP contribution is 2.41. The van der Waals surface area contributed by atoms with E-state index in [4.69, 9.17) is 4.74 Å². The Morgan fingerprint density at radius 2 is 2.38 bits per heavy atom. The number of nitro groups is 1. The van der Waals surface area contributed by atoms with Crippen LogP contribution in [0.5, 0.6) is 0 Å². The van der Waals surface area contributed by atoms with E-state index in [2.05, 4.69) is 4.98 Å². The van der Waals surface area contributed by atoms with Crippen molar-refractivity contribution < 1.29 is 14.5 Å². The molecule has 0 spiro atoms. The van der Waals surface area contributed by atoms with Gasteiger partial charge in [0.15, 0.2) is 0 Å². The van der Waals surface area contributed by atoms with Crippen LogP contribution in [0.3, 0.4) is 0 Å². The maximum absolute atomic E-state index is 12.1. The largest absolute Gasteiger partial charge is 0.462 e. The second-order valence-corrected chi connectivity index (χ2v) is 6.35. The van der Waals surface area contributed by atoms with E-state index in [0.717, 1.165) is 17.7 Å². The van der Waals surface area contributed by atoms with Gasteiger partial charge in [-0.3, -0.25) is 10.1 Å². The molecular weight excluding hydrogens is 330 g/mol. The highest BCUT2D eigenvalue weighted by molar-refractivity contribution is 7.10. The molecule has 0 N–H and O–H groups in total. The molecule has 7 nitrogen and oxygen atoms in total. The molecule has 1 aliphatic heterocycles. The first-order chi connectivity index (χ1) is 11.6. The van der Waals surface area contributed by atoms with Gasteiger partial charge in [-0.1, -0.05) is 6.07 Å². The van der Waals surface area contributed by atoms with Gasteiger partial charge in [-0.25, -0.2) is 9.78 Å². The van der Waals surface area contributed by atoms with Gasteiger partial charge in [-0.15, -0.1) is 11.3 Å². The highest BCUT2D eigenvalue weighted by atomic mass is 32.1. The monoisotopic (exact) mass is 347 g/mol. The molecule has 0 radical (unpaired) electrons. The maximum Gasteiger partial charge on any atom is 0.345 e. The van der Waals surface area contributed by atoms with Crippen LogP contribution in [0.1, 0.15) is 41.0 Å². The second kappa shape index (κ2) is 6.96. The van der Waals surface area contributed by atoms with Gasteiger partial charge >= 0.3 is 11.7 Å². The van der Waals surface area contributed by atoms with Gasteiger partial charge in [-0.05, 0) is 37.3 Å². The highest BCUT2D eigenvalue weighted by Gasteiger charge is 2.35. The van der Waals surface area contributed by atoms with Crippen LogP contribution in [0.15, 0.2) is 29.8 Å². The molecule has 1 atom stereocenters. The van der Waals surface area contributed by atoms with Crippen LogP contribution in [0.4, 0.5) is 11.5 Å². The Kier molecular flexibility index (Phi) is 4.75. The SMILES string of the molecule is CCOC(=O)c1ccnc(N2CCC[C@H]2c2cccs2)c1[N+](=O)[O-]. The van der Waals surface area contributed by atoms with Crippen molar-refractivity contribution in [3.05, 3.63) is 50.3 Å². The minimum Gasteiger partial charge on any atom is -0.462 e. The van der Waals surface area contributed by atoms with Gasteiger partial charge in [0.1, 0.15) is 5.56 Å². The summed E-state index contributed by atoms with van der Waals surface area (Å²) in [7, 11) is 0. The Bertz CT molecular complexity index is 748. The number of nitrogens with zero attached hydrogens (tertiary/aromatic N) is 3. The van der Waals surface area contributed by atoms with Crippen LogP contribution in [-0.2, 0) is 4.74 Å². The number of anilines is 1. The Morgan fingerprint density at radius 1 is 1.54 bits per heavy atom.